The van der Waals surface area contributed by atoms with Crippen molar-refractivity contribution in [3.8, 4) is 0 Å². The molecule has 2 rings (SSSR count). The van der Waals surface area contributed by atoms with Crippen LogP contribution in [0.5, 0.6) is 0 Å². The van der Waals surface area contributed by atoms with E-state index in [9.17, 15) is 4.79 Å². The number of carbonyl (C=O) groups is 1. The first-order chi connectivity index (χ1) is 6.16. The largest absolute Gasteiger partial charge is 0.478 e. The van der Waals surface area contributed by atoms with Crippen molar-refractivity contribution < 1.29 is 9.90 Å². The molecule has 1 aromatic heterocycles. The van der Waals surface area contributed by atoms with Crippen LogP contribution < -0.4 is 0 Å². The van der Waals surface area contributed by atoms with Gasteiger partial charge in [-0.15, -0.1) is 0 Å². The van der Waals surface area contributed by atoms with Crippen LogP contribution in [-0.2, 0) is 0 Å². The molecule has 1 heterocycles. The van der Waals surface area contributed by atoms with Crippen LogP contribution in [0.2, 0.25) is 5.28 Å². The maximum atomic E-state index is 10.6. The van der Waals surface area contributed by atoms with E-state index < -0.39 is 5.97 Å². The molecular weight excluding hydrogens is 192 g/mol. The number of hydrogen-bond donors (Lipinski definition) is 2. The van der Waals surface area contributed by atoms with Crippen LogP contribution in [0, 0.1) is 0 Å². The summed E-state index contributed by atoms with van der Waals surface area (Å²) in [6, 6.07) is 4.60. The van der Waals surface area contributed by atoms with Crippen molar-refractivity contribution in [2.24, 2.45) is 0 Å². The van der Waals surface area contributed by atoms with Gasteiger partial charge < -0.3 is 10.1 Å². The summed E-state index contributed by atoms with van der Waals surface area (Å²) >= 11 is 5.60. The average molecular weight is 197 g/mol. The zero-order valence-corrected chi connectivity index (χ0v) is 7.17. The lowest BCUT2D eigenvalue weighted by Gasteiger charge is -1.92. The van der Waals surface area contributed by atoms with Crippen LogP contribution in [0.25, 0.3) is 11.0 Å². The van der Waals surface area contributed by atoms with Gasteiger partial charge in [-0.3, -0.25) is 0 Å². The molecule has 0 radical (unpaired) electrons. The molecule has 0 aliphatic rings. The minimum Gasteiger partial charge on any atom is -0.478 e. The Labute approximate surface area is 78.2 Å². The highest BCUT2D eigenvalue weighted by atomic mass is 35.5. The predicted octanol–water partition coefficient (Wildman–Crippen LogP) is 1.91. The molecule has 0 bridgehead atoms. The number of rotatable bonds is 1. The molecule has 0 unspecified atom stereocenters. The molecule has 0 amide bonds. The van der Waals surface area contributed by atoms with Gasteiger partial charge in [-0.25, -0.2) is 9.78 Å². The molecule has 2 aromatic rings. The lowest BCUT2D eigenvalue weighted by Crippen LogP contribution is -1.94. The van der Waals surface area contributed by atoms with Crippen molar-refractivity contribution in [3.05, 3.63) is 29.0 Å². The molecule has 13 heavy (non-hydrogen) atoms. The molecule has 66 valence electrons. The van der Waals surface area contributed by atoms with E-state index in [-0.39, 0.29) is 10.8 Å². The Balaban J connectivity index is 2.67. The van der Waals surface area contributed by atoms with E-state index >= 15 is 0 Å². The van der Waals surface area contributed by atoms with E-state index in [4.69, 9.17) is 16.7 Å². The van der Waals surface area contributed by atoms with Crippen LogP contribution in [0.15, 0.2) is 18.2 Å². The fraction of sp³-hybridized carbons (Fsp3) is 0. The normalized spacial score (nSPS) is 10.5. The van der Waals surface area contributed by atoms with Crippen molar-refractivity contribution in [1.82, 2.24) is 9.97 Å². The lowest BCUT2D eigenvalue weighted by molar-refractivity contribution is 0.0697. The molecule has 0 aliphatic heterocycles. The number of imidazole rings is 1. The number of aromatic nitrogens is 2. The highest BCUT2D eigenvalue weighted by Gasteiger charge is 2.05. The van der Waals surface area contributed by atoms with Crippen LogP contribution in [-0.4, -0.2) is 21.0 Å². The molecule has 2 N–H and O–H groups in total. The number of hydrogen-bond acceptors (Lipinski definition) is 2. The number of nitrogens with one attached hydrogen (secondary N) is 1. The number of carboxylic acids is 1. The van der Waals surface area contributed by atoms with Gasteiger partial charge in [0.05, 0.1) is 16.6 Å². The summed E-state index contributed by atoms with van der Waals surface area (Å²) in [7, 11) is 0. The summed E-state index contributed by atoms with van der Waals surface area (Å²) in [6.07, 6.45) is 0. The Kier molecular flexibility index (Phi) is 1.70. The molecule has 0 saturated heterocycles. The third kappa shape index (κ3) is 1.36. The quantitative estimate of drug-likeness (QED) is 0.732. The number of halogens is 1. The van der Waals surface area contributed by atoms with Crippen molar-refractivity contribution in [3.63, 3.8) is 0 Å². The molecule has 4 nitrogen and oxygen atoms in total. The molecule has 0 fully saturated rings. The van der Waals surface area contributed by atoms with Crippen molar-refractivity contribution in [2.45, 2.75) is 0 Å². The van der Waals surface area contributed by atoms with Gasteiger partial charge in [0.2, 0.25) is 5.28 Å². The molecule has 0 spiro atoms. The van der Waals surface area contributed by atoms with E-state index in [2.05, 4.69) is 9.97 Å². The Morgan fingerprint density at radius 1 is 1.54 bits per heavy atom. The standard InChI is InChI=1S/C8H5ClN2O2/c9-8-10-5-2-1-4(7(12)13)3-6(5)11-8/h1-3H,(H,10,11)(H,12,13). The second kappa shape index (κ2) is 2.74. The Morgan fingerprint density at radius 2 is 2.31 bits per heavy atom. The first-order valence-electron chi connectivity index (χ1n) is 3.55. The van der Waals surface area contributed by atoms with Gasteiger partial charge in [0.15, 0.2) is 0 Å². The second-order valence-corrected chi connectivity index (χ2v) is 2.92. The zero-order valence-electron chi connectivity index (χ0n) is 6.41. The van der Waals surface area contributed by atoms with Gasteiger partial charge in [-0.1, -0.05) is 0 Å². The summed E-state index contributed by atoms with van der Waals surface area (Å²) in [5.41, 5.74) is 1.51. The van der Waals surface area contributed by atoms with E-state index in [0.29, 0.717) is 11.0 Å². The number of benzene rings is 1. The minimum absolute atomic E-state index is 0.216. The van der Waals surface area contributed by atoms with Crippen LogP contribution in [0.4, 0.5) is 0 Å². The van der Waals surface area contributed by atoms with Gasteiger partial charge in [0, 0.05) is 0 Å². The predicted molar refractivity (Wildman–Crippen MR) is 48.1 cm³/mol. The van der Waals surface area contributed by atoms with Crippen molar-refractivity contribution in [1.29, 1.82) is 0 Å². The summed E-state index contributed by atoms with van der Waals surface area (Å²) in [5.74, 6) is -0.965. The van der Waals surface area contributed by atoms with Gasteiger partial charge >= 0.3 is 5.97 Å². The van der Waals surface area contributed by atoms with Crippen LogP contribution >= 0.6 is 11.6 Å². The van der Waals surface area contributed by atoms with E-state index in [1.807, 2.05) is 0 Å². The van der Waals surface area contributed by atoms with Crippen LogP contribution in [0.3, 0.4) is 0 Å². The molecule has 1 aromatic carbocycles. The first-order valence-corrected chi connectivity index (χ1v) is 3.93. The number of aromatic amines is 1. The monoisotopic (exact) mass is 196 g/mol. The van der Waals surface area contributed by atoms with Crippen molar-refractivity contribution in [2.75, 3.05) is 0 Å². The molecule has 5 heteroatoms. The van der Waals surface area contributed by atoms with Gasteiger partial charge in [0.25, 0.3) is 0 Å². The number of fused-ring (bicyclic) bond motifs is 1. The summed E-state index contributed by atoms with van der Waals surface area (Å²) in [6.45, 7) is 0. The van der Waals surface area contributed by atoms with E-state index in [0.717, 1.165) is 0 Å². The number of aromatic carboxylic acids is 1. The Hall–Kier alpha value is -1.55. The highest BCUT2D eigenvalue weighted by Crippen LogP contribution is 2.15. The Bertz CT molecular complexity index is 478. The van der Waals surface area contributed by atoms with Gasteiger partial charge in [0.1, 0.15) is 0 Å². The summed E-state index contributed by atoms with van der Waals surface area (Å²) < 4.78 is 0. The fourth-order valence-electron chi connectivity index (χ4n) is 1.11. The zero-order chi connectivity index (χ0) is 9.42. The van der Waals surface area contributed by atoms with E-state index in [1.54, 1.807) is 6.07 Å². The average Bonchev–Trinajstić information content (AvgIpc) is 2.42. The van der Waals surface area contributed by atoms with Gasteiger partial charge in [-0.2, -0.15) is 0 Å². The smallest absolute Gasteiger partial charge is 0.335 e. The number of H-pyrrole nitrogens is 1. The summed E-state index contributed by atoms with van der Waals surface area (Å²) in [5, 5.41) is 8.95. The molecule has 0 atom stereocenters. The molecular formula is C8H5ClN2O2. The number of nitrogens with zero attached hydrogens (tertiary/aromatic N) is 1. The van der Waals surface area contributed by atoms with Crippen LogP contribution in [0.1, 0.15) is 10.4 Å². The number of carboxylic acid groups (broad SMARTS) is 1. The minimum atomic E-state index is -0.965. The fourth-order valence-corrected chi connectivity index (χ4v) is 1.30. The summed E-state index contributed by atoms with van der Waals surface area (Å²) in [4.78, 5) is 17.3. The van der Waals surface area contributed by atoms with Gasteiger partial charge in [-0.05, 0) is 29.8 Å². The third-order valence-electron chi connectivity index (χ3n) is 1.70. The Morgan fingerprint density at radius 3 is 3.00 bits per heavy atom. The first kappa shape index (κ1) is 8.07. The topological polar surface area (TPSA) is 66.0 Å². The highest BCUT2D eigenvalue weighted by molar-refractivity contribution is 6.29. The maximum Gasteiger partial charge on any atom is 0.335 e. The molecule has 0 aliphatic carbocycles. The second-order valence-electron chi connectivity index (χ2n) is 2.56. The maximum absolute atomic E-state index is 10.6. The van der Waals surface area contributed by atoms with Crippen molar-refractivity contribution >= 4 is 28.6 Å². The lowest BCUT2D eigenvalue weighted by atomic mass is 10.2. The SMILES string of the molecule is O=C(O)c1ccc2nc(Cl)[nH]c2c1. The molecule has 0 saturated carbocycles. The van der Waals surface area contributed by atoms with E-state index in [1.165, 1.54) is 12.1 Å². The third-order valence-corrected chi connectivity index (χ3v) is 1.88.